The van der Waals surface area contributed by atoms with E-state index in [4.69, 9.17) is 0 Å². The maximum absolute atomic E-state index is 17.5. The number of carbonyl (C=O) groups is 1. The van der Waals surface area contributed by atoms with Crippen LogP contribution in [0, 0.1) is 10.8 Å². The SMILES string of the molecule is O=CCOCC(F)(F)C(F)(F)OC(F)(F)C(C(F)(F)OC(F)(F)C(F)(F)COCC1CO1)(C(F)(F)OC(F)(F)C(F)(F)COCC1CO1)C(F)(F)OC(F)(F)C(C(F)(F)OC(F)(F)C(F)(F)COCC1CO1)(C(F)(F)OC(F)(F)C(F)(F)COC1CO1)C(F)(F)OC(F)(F)C(F)(F)COC1CO1. The smallest absolute Gasteiger partial charge is 0.372 e. The average Bonchev–Trinajstić information content (AvgIpc) is 1.34. The Labute approximate surface area is 534 Å². The van der Waals surface area contributed by atoms with Crippen molar-refractivity contribution in [3.8, 4) is 0 Å². The summed E-state index contributed by atoms with van der Waals surface area (Å²) in [5.41, 5.74) is -22.6. The number of alkyl halides is 40. The minimum Gasteiger partial charge on any atom is -0.372 e. The van der Waals surface area contributed by atoms with Gasteiger partial charge in [0.15, 0.2) is 12.6 Å². The zero-order valence-corrected chi connectivity index (χ0v) is 47.9. The molecule has 0 aromatic heterocycles. The number of ether oxygens (including phenoxy) is 18. The molecule has 602 valence electrons. The third-order valence-electron chi connectivity index (χ3n) is 12.8. The Balaban J connectivity index is 2.05. The maximum atomic E-state index is 17.5. The van der Waals surface area contributed by atoms with Crippen LogP contribution in [0.15, 0.2) is 0 Å². The van der Waals surface area contributed by atoms with E-state index in [9.17, 15) is 13.6 Å². The molecule has 0 saturated carbocycles. The van der Waals surface area contributed by atoms with Gasteiger partial charge in [-0.05, 0) is 0 Å². The van der Waals surface area contributed by atoms with Gasteiger partial charge < -0.3 is 56.9 Å². The van der Waals surface area contributed by atoms with E-state index in [1.54, 1.807) is 0 Å². The van der Waals surface area contributed by atoms with E-state index in [-0.39, 0.29) is 0 Å². The lowest BCUT2D eigenvalue weighted by Crippen LogP contribution is -2.81. The molecule has 102 heavy (non-hydrogen) atoms. The van der Waals surface area contributed by atoms with Crippen LogP contribution in [0.5, 0.6) is 0 Å². The van der Waals surface area contributed by atoms with Gasteiger partial charge in [-0.25, -0.2) is 28.4 Å². The first-order valence-corrected chi connectivity index (χ1v) is 25.9. The molecule has 0 amide bonds. The fraction of sp³-hybridized carbons (Fsp3) is 0.977. The van der Waals surface area contributed by atoms with Crippen molar-refractivity contribution < 1.29 is 266 Å². The summed E-state index contributed by atoms with van der Waals surface area (Å²) in [6, 6.07) is 0. The highest BCUT2D eigenvalue weighted by Gasteiger charge is 3.03. The summed E-state index contributed by atoms with van der Waals surface area (Å²) in [7, 11) is 0. The largest absolute Gasteiger partial charge is 0.426 e. The Morgan fingerprint density at radius 2 is 0.412 bits per heavy atom. The highest BCUT2D eigenvalue weighted by Crippen LogP contribution is 2.75. The zero-order valence-electron chi connectivity index (χ0n) is 47.9. The summed E-state index contributed by atoms with van der Waals surface area (Å²) in [6.45, 7) is -34.9. The van der Waals surface area contributed by atoms with Gasteiger partial charge in [0.05, 0.1) is 39.6 Å². The van der Waals surface area contributed by atoms with Gasteiger partial charge in [-0.3, -0.25) is 4.74 Å². The average molecular weight is 1620 g/mol. The van der Waals surface area contributed by atoms with Crippen LogP contribution in [0.1, 0.15) is 0 Å². The summed E-state index contributed by atoms with van der Waals surface area (Å²) < 4.78 is 690. The van der Waals surface area contributed by atoms with Crippen LogP contribution in [0.25, 0.3) is 0 Å². The maximum Gasteiger partial charge on any atom is 0.426 e. The summed E-state index contributed by atoms with van der Waals surface area (Å²) in [4.78, 5) is 10.5. The Bertz CT molecular complexity index is 2690. The van der Waals surface area contributed by atoms with Gasteiger partial charge in [0, 0.05) is 0 Å². The zero-order chi connectivity index (χ0) is 78.9. The molecule has 0 bridgehead atoms. The van der Waals surface area contributed by atoms with Crippen molar-refractivity contribution in [1.29, 1.82) is 0 Å². The summed E-state index contributed by atoms with van der Waals surface area (Å²) in [6.07, 6.45) is -149. The predicted octanol–water partition coefficient (Wildman–Crippen LogP) is 11.4. The van der Waals surface area contributed by atoms with Crippen LogP contribution >= 0.6 is 0 Å². The molecule has 0 spiro atoms. The molecule has 5 fully saturated rings. The highest BCUT2D eigenvalue weighted by molar-refractivity contribution is 5.50. The third kappa shape index (κ3) is 18.3. The van der Waals surface area contributed by atoms with E-state index in [0.717, 1.165) is 4.74 Å². The number of aldehydes is 1. The van der Waals surface area contributed by atoms with E-state index in [1.807, 2.05) is 0 Å². The molecule has 5 saturated heterocycles. The molecule has 5 aliphatic heterocycles. The second-order valence-electron chi connectivity index (χ2n) is 20.9. The Hall–Kier alpha value is -3.85. The molecule has 0 aromatic rings. The molecule has 59 heteroatoms. The van der Waals surface area contributed by atoms with Gasteiger partial charge >= 0.3 is 132 Å². The summed E-state index contributed by atoms with van der Waals surface area (Å²) in [5.74, 6) is -45.3. The van der Waals surface area contributed by atoms with Crippen LogP contribution < -0.4 is 0 Å². The molecule has 5 heterocycles. The van der Waals surface area contributed by atoms with Gasteiger partial charge in [-0.1, -0.05) is 0 Å². The topological polar surface area (TPSA) is 200 Å². The van der Waals surface area contributed by atoms with Crippen LogP contribution in [-0.4, -0.2) is 257 Å². The van der Waals surface area contributed by atoms with Crippen molar-refractivity contribution >= 4 is 6.29 Å². The predicted molar refractivity (Wildman–Crippen MR) is 221 cm³/mol. The van der Waals surface area contributed by atoms with Crippen LogP contribution in [-0.2, 0) is 90.1 Å². The van der Waals surface area contributed by atoms with Crippen LogP contribution in [0.2, 0.25) is 0 Å². The molecule has 5 aliphatic rings. The van der Waals surface area contributed by atoms with Crippen LogP contribution in [0.3, 0.4) is 0 Å². The number of rotatable bonds is 50. The van der Waals surface area contributed by atoms with E-state index < -0.39 is 268 Å². The van der Waals surface area contributed by atoms with Crippen molar-refractivity contribution in [1.82, 2.24) is 0 Å². The Morgan fingerprint density at radius 1 is 0.245 bits per heavy atom. The fourth-order valence-corrected chi connectivity index (χ4v) is 7.07. The van der Waals surface area contributed by atoms with Crippen molar-refractivity contribution in [3.63, 3.8) is 0 Å². The quantitative estimate of drug-likeness (QED) is 0.0241. The number of hydrogen-bond acceptors (Lipinski definition) is 19. The molecule has 5 atom stereocenters. The number of carbonyl (C=O) groups excluding carboxylic acids is 1. The third-order valence-corrected chi connectivity index (χ3v) is 12.8. The first-order valence-electron chi connectivity index (χ1n) is 25.9. The minimum absolute atomic E-state index is 0.764. The van der Waals surface area contributed by atoms with E-state index >= 15 is 167 Å². The lowest BCUT2D eigenvalue weighted by atomic mass is 9.78. The normalized spacial score (nSPS) is 22.9. The van der Waals surface area contributed by atoms with Crippen molar-refractivity contribution in [3.05, 3.63) is 0 Å². The molecule has 0 aliphatic carbocycles. The van der Waals surface area contributed by atoms with Gasteiger partial charge in [-0.15, -0.1) is 0 Å². The van der Waals surface area contributed by atoms with Gasteiger partial charge in [0.1, 0.15) is 84.1 Å². The van der Waals surface area contributed by atoms with Gasteiger partial charge in [0.2, 0.25) is 0 Å². The molecular formula is C43H36F40O19. The molecule has 0 N–H and O–H groups in total. The molecule has 5 unspecified atom stereocenters. The molecule has 0 aromatic carbocycles. The standard InChI is InChI=1S/C43H36F40O19/c44-22(45,11-85-2-1-84)30(56,57)96-36(68,69)28(37(70,71)97-31(58,59)23(46,47)12-86-3-17-6-89-17,38(72,73)98-32(60,61)24(48,49)13-87-4-18-7-90-18)42(80,81)102-43(82,83)29(40(76,77)100-34(64,65)26(52,53)15-94-20-9-92-20,41(78,79)101-35(66,67)27(54,55)16-95-21-10-93-21)39(74,75)99-33(62,63)25(50,51)14-88-5-19-8-91-19/h1,17-21H,2-16H2. The van der Waals surface area contributed by atoms with E-state index in [0.29, 0.717) is 0 Å². The van der Waals surface area contributed by atoms with E-state index in [1.165, 1.54) is 28.4 Å². The van der Waals surface area contributed by atoms with Crippen molar-refractivity contribution in [2.75, 3.05) is 99.1 Å². The fourth-order valence-electron chi connectivity index (χ4n) is 7.07. The lowest BCUT2D eigenvalue weighted by Gasteiger charge is -2.54. The molecule has 5 rings (SSSR count). The summed E-state index contributed by atoms with van der Waals surface area (Å²) in [5, 5.41) is 0. The highest BCUT2D eigenvalue weighted by atomic mass is 19.4. The number of halogens is 40. The number of epoxide rings is 5. The monoisotopic (exact) mass is 1620 g/mol. The molecule has 19 nitrogen and oxygen atoms in total. The first-order chi connectivity index (χ1) is 45.4. The number of hydrogen-bond donors (Lipinski definition) is 0. The molecular weight excluding hydrogens is 1580 g/mol. The van der Waals surface area contributed by atoms with Gasteiger partial charge in [0.25, 0.3) is 0 Å². The van der Waals surface area contributed by atoms with Crippen molar-refractivity contribution in [2.24, 2.45) is 10.8 Å². The Kier molecular flexibility index (Phi) is 24.9. The summed E-state index contributed by atoms with van der Waals surface area (Å²) >= 11 is 0. The van der Waals surface area contributed by atoms with Gasteiger partial charge in [-0.2, -0.15) is 176 Å². The lowest BCUT2D eigenvalue weighted by molar-refractivity contribution is -0.647. The van der Waals surface area contributed by atoms with Crippen LogP contribution in [0.4, 0.5) is 176 Å². The second kappa shape index (κ2) is 28.6. The second-order valence-corrected chi connectivity index (χ2v) is 20.9. The Morgan fingerprint density at radius 3 is 0.578 bits per heavy atom. The minimum atomic E-state index is -11.3. The first kappa shape index (κ1) is 88.8. The van der Waals surface area contributed by atoms with Crippen molar-refractivity contribution in [2.45, 2.75) is 152 Å². The van der Waals surface area contributed by atoms with E-state index in [2.05, 4.69) is 52.1 Å². The molecule has 0 radical (unpaired) electrons.